The minimum Gasteiger partial charge on any atom is -0.488 e. The summed E-state index contributed by atoms with van der Waals surface area (Å²) in [7, 11) is 0. The van der Waals surface area contributed by atoms with E-state index in [1.165, 1.54) is 0 Å². The van der Waals surface area contributed by atoms with Gasteiger partial charge in [-0.2, -0.15) is 0 Å². The van der Waals surface area contributed by atoms with Gasteiger partial charge in [0, 0.05) is 12.1 Å². The molecule has 0 saturated heterocycles. The van der Waals surface area contributed by atoms with Crippen molar-refractivity contribution in [2.45, 2.75) is 13.2 Å². The highest BCUT2D eigenvalue weighted by Gasteiger charge is 2.14. The Labute approximate surface area is 152 Å². The Balaban J connectivity index is 1.74. The molecule has 0 aliphatic rings. The van der Waals surface area contributed by atoms with Gasteiger partial charge in [-0.15, -0.1) is 0 Å². The van der Waals surface area contributed by atoms with Gasteiger partial charge in [-0.1, -0.05) is 60.7 Å². The molecule has 0 spiro atoms. The maximum absolute atomic E-state index is 12.6. The molecular formula is C22H19NO3. The van der Waals surface area contributed by atoms with Gasteiger partial charge in [0.2, 0.25) is 0 Å². The number of carbonyl (C=O) groups excluding carboxylic acids is 2. The number of rotatable bonds is 7. The number of carbonyl (C=O) groups is 2. The zero-order chi connectivity index (χ0) is 18.2. The summed E-state index contributed by atoms with van der Waals surface area (Å²) in [6.45, 7) is 0.753. The van der Waals surface area contributed by atoms with Gasteiger partial charge in [-0.05, 0) is 29.3 Å². The third-order valence-corrected chi connectivity index (χ3v) is 3.92. The molecule has 0 fully saturated rings. The van der Waals surface area contributed by atoms with Crippen molar-refractivity contribution in [3.63, 3.8) is 0 Å². The van der Waals surface area contributed by atoms with Crippen molar-refractivity contribution >= 4 is 12.2 Å². The molecule has 0 atom stereocenters. The Kier molecular flexibility index (Phi) is 5.78. The molecule has 1 amide bonds. The topological polar surface area (TPSA) is 55.4 Å². The lowest BCUT2D eigenvalue weighted by atomic mass is 10.1. The van der Waals surface area contributed by atoms with Crippen LogP contribution in [0, 0.1) is 0 Å². The quantitative estimate of drug-likeness (QED) is 0.658. The summed E-state index contributed by atoms with van der Waals surface area (Å²) in [6, 6.07) is 24.2. The van der Waals surface area contributed by atoms with Crippen molar-refractivity contribution in [1.82, 2.24) is 5.32 Å². The van der Waals surface area contributed by atoms with Crippen molar-refractivity contribution in [2.24, 2.45) is 0 Å². The molecule has 26 heavy (non-hydrogen) atoms. The molecule has 1 N–H and O–H groups in total. The second-order valence-electron chi connectivity index (χ2n) is 5.82. The first-order valence-corrected chi connectivity index (χ1v) is 8.34. The Bertz CT molecular complexity index is 876. The van der Waals surface area contributed by atoms with Crippen molar-refractivity contribution in [3.05, 3.63) is 101 Å². The lowest BCUT2D eigenvalue weighted by molar-refractivity contribution is 0.0946. The zero-order valence-corrected chi connectivity index (χ0v) is 14.2. The molecular weight excluding hydrogens is 326 g/mol. The van der Waals surface area contributed by atoms with E-state index in [1.807, 2.05) is 60.7 Å². The highest BCUT2D eigenvalue weighted by molar-refractivity contribution is 5.98. The maximum Gasteiger partial charge on any atom is 0.255 e. The van der Waals surface area contributed by atoms with E-state index in [2.05, 4.69) is 5.32 Å². The molecule has 0 radical (unpaired) electrons. The fraction of sp³-hybridized carbons (Fsp3) is 0.0909. The van der Waals surface area contributed by atoms with E-state index in [0.29, 0.717) is 30.0 Å². The first-order chi connectivity index (χ1) is 12.8. The summed E-state index contributed by atoms with van der Waals surface area (Å²) in [5.41, 5.74) is 2.78. The number of nitrogens with one attached hydrogen (secondary N) is 1. The van der Waals surface area contributed by atoms with Crippen molar-refractivity contribution in [1.29, 1.82) is 0 Å². The normalized spacial score (nSPS) is 10.2. The summed E-state index contributed by atoms with van der Waals surface area (Å²) in [4.78, 5) is 23.7. The van der Waals surface area contributed by atoms with E-state index in [-0.39, 0.29) is 5.91 Å². The zero-order valence-electron chi connectivity index (χ0n) is 14.2. The Hall–Kier alpha value is -3.40. The Morgan fingerprint density at radius 2 is 1.54 bits per heavy atom. The van der Waals surface area contributed by atoms with Gasteiger partial charge in [0.1, 0.15) is 18.6 Å². The van der Waals surface area contributed by atoms with Crippen molar-refractivity contribution in [2.75, 3.05) is 0 Å². The lowest BCUT2D eigenvalue weighted by Gasteiger charge is -2.13. The SMILES string of the molecule is O=Cc1ccc(OCc2ccccc2)c(C(=O)NCc2ccccc2)c1. The van der Waals surface area contributed by atoms with Crippen LogP contribution in [0.2, 0.25) is 0 Å². The monoisotopic (exact) mass is 345 g/mol. The largest absolute Gasteiger partial charge is 0.488 e. The lowest BCUT2D eigenvalue weighted by Crippen LogP contribution is -2.23. The molecule has 3 rings (SSSR count). The highest BCUT2D eigenvalue weighted by Crippen LogP contribution is 2.21. The molecule has 0 heterocycles. The van der Waals surface area contributed by atoms with E-state index >= 15 is 0 Å². The number of aldehydes is 1. The van der Waals surface area contributed by atoms with E-state index in [0.717, 1.165) is 17.4 Å². The van der Waals surface area contributed by atoms with E-state index in [1.54, 1.807) is 18.2 Å². The molecule has 3 aromatic rings. The highest BCUT2D eigenvalue weighted by atomic mass is 16.5. The first-order valence-electron chi connectivity index (χ1n) is 8.34. The van der Waals surface area contributed by atoms with Crippen LogP contribution in [0.3, 0.4) is 0 Å². The van der Waals surface area contributed by atoms with Crippen LogP contribution in [0.15, 0.2) is 78.9 Å². The smallest absolute Gasteiger partial charge is 0.255 e. The van der Waals surface area contributed by atoms with Gasteiger partial charge in [0.15, 0.2) is 0 Å². The molecule has 0 bridgehead atoms. The van der Waals surface area contributed by atoms with Crippen LogP contribution in [0.5, 0.6) is 5.75 Å². The summed E-state index contributed by atoms with van der Waals surface area (Å²) in [6.07, 6.45) is 0.717. The van der Waals surface area contributed by atoms with Gasteiger partial charge in [0.05, 0.1) is 5.56 Å². The van der Waals surface area contributed by atoms with Gasteiger partial charge >= 0.3 is 0 Å². The van der Waals surface area contributed by atoms with E-state index in [4.69, 9.17) is 4.74 Å². The van der Waals surface area contributed by atoms with E-state index < -0.39 is 0 Å². The fourth-order valence-corrected chi connectivity index (χ4v) is 2.53. The van der Waals surface area contributed by atoms with Gasteiger partial charge in [-0.3, -0.25) is 9.59 Å². The van der Waals surface area contributed by atoms with Gasteiger partial charge < -0.3 is 10.1 Å². The van der Waals surface area contributed by atoms with Crippen molar-refractivity contribution in [3.8, 4) is 5.75 Å². The summed E-state index contributed by atoms with van der Waals surface area (Å²) >= 11 is 0. The maximum atomic E-state index is 12.6. The second kappa shape index (κ2) is 8.62. The summed E-state index contributed by atoms with van der Waals surface area (Å²) in [5.74, 6) is 0.172. The predicted octanol–water partition coefficient (Wildman–Crippen LogP) is 4.01. The van der Waals surface area contributed by atoms with Crippen LogP contribution < -0.4 is 10.1 Å². The minimum absolute atomic E-state index is 0.277. The number of ether oxygens (including phenoxy) is 1. The molecule has 4 nitrogen and oxygen atoms in total. The van der Waals surface area contributed by atoms with Crippen LogP contribution in [-0.4, -0.2) is 12.2 Å². The van der Waals surface area contributed by atoms with Crippen LogP contribution in [-0.2, 0) is 13.2 Å². The number of amides is 1. The summed E-state index contributed by atoms with van der Waals surface area (Å²) < 4.78 is 5.82. The van der Waals surface area contributed by atoms with Crippen LogP contribution in [0.25, 0.3) is 0 Å². The molecule has 0 unspecified atom stereocenters. The standard InChI is InChI=1S/C22H19NO3/c24-15-19-11-12-21(26-16-18-9-5-2-6-10-18)20(13-19)22(25)23-14-17-7-3-1-4-8-17/h1-13,15H,14,16H2,(H,23,25). The van der Waals surface area contributed by atoms with E-state index in [9.17, 15) is 9.59 Å². The van der Waals surface area contributed by atoms with Crippen LogP contribution >= 0.6 is 0 Å². The number of benzene rings is 3. The Morgan fingerprint density at radius 1 is 0.885 bits per heavy atom. The number of hydrogen-bond acceptors (Lipinski definition) is 3. The third-order valence-electron chi connectivity index (χ3n) is 3.92. The molecule has 3 aromatic carbocycles. The van der Waals surface area contributed by atoms with Crippen LogP contribution in [0.4, 0.5) is 0 Å². The molecule has 0 aliphatic heterocycles. The fourth-order valence-electron chi connectivity index (χ4n) is 2.53. The van der Waals surface area contributed by atoms with Gasteiger partial charge in [-0.25, -0.2) is 0 Å². The van der Waals surface area contributed by atoms with Crippen molar-refractivity contribution < 1.29 is 14.3 Å². The van der Waals surface area contributed by atoms with Gasteiger partial charge in [0.25, 0.3) is 5.91 Å². The molecule has 0 saturated carbocycles. The average Bonchev–Trinajstić information content (AvgIpc) is 2.72. The number of hydrogen-bond donors (Lipinski definition) is 1. The minimum atomic E-state index is -0.277. The second-order valence-corrected chi connectivity index (χ2v) is 5.82. The predicted molar refractivity (Wildman–Crippen MR) is 100 cm³/mol. The summed E-state index contributed by atoms with van der Waals surface area (Å²) in [5, 5.41) is 2.87. The molecule has 0 aromatic heterocycles. The first kappa shape index (κ1) is 17.4. The van der Waals surface area contributed by atoms with Crippen LogP contribution in [0.1, 0.15) is 31.8 Å². The molecule has 130 valence electrons. The molecule has 4 heteroatoms. The molecule has 0 aliphatic carbocycles. The third kappa shape index (κ3) is 4.57. The Morgan fingerprint density at radius 3 is 2.19 bits per heavy atom. The average molecular weight is 345 g/mol.